The van der Waals surface area contributed by atoms with Gasteiger partial charge in [-0.1, -0.05) is 32.9 Å². The van der Waals surface area contributed by atoms with E-state index in [2.05, 4.69) is 56.6 Å². The molecule has 0 unspecified atom stereocenters. The number of hydrogen-bond acceptors (Lipinski definition) is 2. The number of rotatable bonds is 5. The third-order valence-electron chi connectivity index (χ3n) is 2.61. The molecule has 0 atom stereocenters. The standard InChI is InChI=1S/C14H23NS/c1-14(2,3)12-6-8-13(9-7-12)15-10-5-11-16-4/h6-9,15H,5,10-11H2,1-4H3. The average Bonchev–Trinajstić information content (AvgIpc) is 2.24. The van der Waals surface area contributed by atoms with Gasteiger partial charge in [-0.15, -0.1) is 0 Å². The van der Waals surface area contributed by atoms with E-state index in [9.17, 15) is 0 Å². The molecule has 0 saturated heterocycles. The highest BCUT2D eigenvalue weighted by atomic mass is 32.2. The van der Waals surface area contributed by atoms with Crippen LogP contribution in [0.1, 0.15) is 32.8 Å². The van der Waals surface area contributed by atoms with Crippen LogP contribution < -0.4 is 5.32 Å². The lowest BCUT2D eigenvalue weighted by Crippen LogP contribution is -2.11. The Bertz CT molecular complexity index is 298. The van der Waals surface area contributed by atoms with E-state index < -0.39 is 0 Å². The van der Waals surface area contributed by atoms with E-state index in [1.807, 2.05) is 11.8 Å². The monoisotopic (exact) mass is 237 g/mol. The molecule has 0 spiro atoms. The van der Waals surface area contributed by atoms with Crippen LogP contribution in [0, 0.1) is 0 Å². The van der Waals surface area contributed by atoms with Crippen molar-refractivity contribution in [3.63, 3.8) is 0 Å². The van der Waals surface area contributed by atoms with Gasteiger partial charge in [-0.25, -0.2) is 0 Å². The van der Waals surface area contributed by atoms with Crippen molar-refractivity contribution < 1.29 is 0 Å². The van der Waals surface area contributed by atoms with Crippen molar-refractivity contribution in [2.75, 3.05) is 23.9 Å². The molecule has 16 heavy (non-hydrogen) atoms. The number of thioether (sulfide) groups is 1. The lowest BCUT2D eigenvalue weighted by atomic mass is 9.87. The van der Waals surface area contributed by atoms with Gasteiger partial charge in [0.15, 0.2) is 0 Å². The first-order valence-electron chi connectivity index (χ1n) is 5.87. The van der Waals surface area contributed by atoms with Crippen LogP contribution in [-0.2, 0) is 5.41 Å². The maximum atomic E-state index is 3.44. The van der Waals surface area contributed by atoms with Crippen LogP contribution in [0.3, 0.4) is 0 Å². The summed E-state index contributed by atoms with van der Waals surface area (Å²) in [6.07, 6.45) is 3.38. The molecule has 1 rings (SSSR count). The fourth-order valence-corrected chi connectivity index (χ4v) is 1.97. The largest absolute Gasteiger partial charge is 0.385 e. The number of hydrogen-bond donors (Lipinski definition) is 1. The number of anilines is 1. The molecule has 0 aliphatic heterocycles. The first kappa shape index (κ1) is 13.4. The summed E-state index contributed by atoms with van der Waals surface area (Å²) in [5.74, 6) is 1.23. The Morgan fingerprint density at radius 2 is 1.75 bits per heavy atom. The molecule has 1 aromatic rings. The van der Waals surface area contributed by atoms with Gasteiger partial charge in [-0.2, -0.15) is 11.8 Å². The van der Waals surface area contributed by atoms with E-state index in [0.717, 1.165) is 6.54 Å². The summed E-state index contributed by atoms with van der Waals surface area (Å²) in [5, 5.41) is 3.44. The molecule has 2 heteroatoms. The Hall–Kier alpha value is -0.630. The fraction of sp³-hybridized carbons (Fsp3) is 0.571. The van der Waals surface area contributed by atoms with Crippen LogP contribution in [0.4, 0.5) is 5.69 Å². The lowest BCUT2D eigenvalue weighted by Gasteiger charge is -2.19. The summed E-state index contributed by atoms with van der Waals surface area (Å²) in [6.45, 7) is 7.80. The first-order valence-corrected chi connectivity index (χ1v) is 7.27. The maximum Gasteiger partial charge on any atom is 0.0340 e. The zero-order chi connectivity index (χ0) is 12.0. The predicted octanol–water partition coefficient (Wildman–Crippen LogP) is 4.15. The molecule has 0 amide bonds. The topological polar surface area (TPSA) is 12.0 Å². The summed E-state index contributed by atoms with van der Waals surface area (Å²) in [5.41, 5.74) is 2.87. The lowest BCUT2D eigenvalue weighted by molar-refractivity contribution is 0.590. The smallest absolute Gasteiger partial charge is 0.0340 e. The Balaban J connectivity index is 2.46. The van der Waals surface area contributed by atoms with Gasteiger partial charge < -0.3 is 5.32 Å². The normalized spacial score (nSPS) is 11.5. The summed E-state index contributed by atoms with van der Waals surface area (Å²) in [7, 11) is 0. The molecule has 1 nitrogen and oxygen atoms in total. The minimum Gasteiger partial charge on any atom is -0.385 e. The number of benzene rings is 1. The number of nitrogens with one attached hydrogen (secondary N) is 1. The highest BCUT2D eigenvalue weighted by Gasteiger charge is 2.12. The van der Waals surface area contributed by atoms with Crippen LogP contribution in [0.5, 0.6) is 0 Å². The molecule has 1 N–H and O–H groups in total. The molecule has 90 valence electrons. The van der Waals surface area contributed by atoms with Gasteiger partial charge in [-0.3, -0.25) is 0 Å². The van der Waals surface area contributed by atoms with Crippen molar-refractivity contribution in [2.45, 2.75) is 32.6 Å². The Morgan fingerprint density at radius 3 is 2.25 bits per heavy atom. The minimum atomic E-state index is 0.247. The molecule has 0 heterocycles. The fourth-order valence-electron chi connectivity index (χ4n) is 1.54. The van der Waals surface area contributed by atoms with Gasteiger partial charge in [0.2, 0.25) is 0 Å². The van der Waals surface area contributed by atoms with Crippen molar-refractivity contribution in [1.82, 2.24) is 0 Å². The third kappa shape index (κ3) is 4.48. The Morgan fingerprint density at radius 1 is 1.12 bits per heavy atom. The second-order valence-electron chi connectivity index (χ2n) is 5.10. The van der Waals surface area contributed by atoms with E-state index >= 15 is 0 Å². The van der Waals surface area contributed by atoms with Gasteiger partial charge in [-0.05, 0) is 41.5 Å². The molecule has 0 aromatic heterocycles. The third-order valence-corrected chi connectivity index (χ3v) is 3.30. The Kier molecular flexibility index (Phi) is 5.20. The molecule has 0 saturated carbocycles. The predicted molar refractivity (Wildman–Crippen MR) is 76.6 cm³/mol. The van der Waals surface area contributed by atoms with Crippen molar-refractivity contribution >= 4 is 17.4 Å². The quantitative estimate of drug-likeness (QED) is 0.772. The summed E-state index contributed by atoms with van der Waals surface area (Å²) >= 11 is 1.90. The van der Waals surface area contributed by atoms with Crippen molar-refractivity contribution in [3.8, 4) is 0 Å². The molecule has 0 aliphatic rings. The molecule has 0 radical (unpaired) electrons. The zero-order valence-electron chi connectivity index (χ0n) is 10.8. The highest BCUT2D eigenvalue weighted by Crippen LogP contribution is 2.23. The molecule has 0 aliphatic carbocycles. The van der Waals surface area contributed by atoms with Crippen molar-refractivity contribution in [1.29, 1.82) is 0 Å². The van der Waals surface area contributed by atoms with Crippen LogP contribution in [0.15, 0.2) is 24.3 Å². The molecular weight excluding hydrogens is 214 g/mol. The van der Waals surface area contributed by atoms with E-state index in [0.29, 0.717) is 0 Å². The molecule has 0 bridgehead atoms. The van der Waals surface area contributed by atoms with Crippen molar-refractivity contribution in [2.24, 2.45) is 0 Å². The van der Waals surface area contributed by atoms with Gasteiger partial charge in [0.25, 0.3) is 0 Å². The summed E-state index contributed by atoms with van der Waals surface area (Å²) in [6, 6.07) is 8.80. The van der Waals surface area contributed by atoms with Crippen LogP contribution in [-0.4, -0.2) is 18.6 Å². The van der Waals surface area contributed by atoms with Crippen LogP contribution in [0.25, 0.3) is 0 Å². The van der Waals surface area contributed by atoms with Gasteiger partial charge in [0, 0.05) is 12.2 Å². The summed E-state index contributed by atoms with van der Waals surface area (Å²) in [4.78, 5) is 0. The van der Waals surface area contributed by atoms with Crippen molar-refractivity contribution in [3.05, 3.63) is 29.8 Å². The van der Waals surface area contributed by atoms with Gasteiger partial charge in [0.05, 0.1) is 0 Å². The van der Waals surface area contributed by atoms with Crippen LogP contribution >= 0.6 is 11.8 Å². The second-order valence-corrected chi connectivity index (χ2v) is 6.09. The highest BCUT2D eigenvalue weighted by molar-refractivity contribution is 7.98. The first-order chi connectivity index (χ1) is 7.54. The van der Waals surface area contributed by atoms with Gasteiger partial charge in [0.1, 0.15) is 0 Å². The second kappa shape index (κ2) is 6.19. The SMILES string of the molecule is CSCCCNc1ccc(C(C)(C)C)cc1. The van der Waals surface area contributed by atoms with E-state index in [-0.39, 0.29) is 5.41 Å². The Labute approximate surface area is 104 Å². The maximum absolute atomic E-state index is 3.44. The van der Waals surface area contributed by atoms with E-state index in [1.165, 1.54) is 23.4 Å². The van der Waals surface area contributed by atoms with E-state index in [4.69, 9.17) is 0 Å². The molecule has 0 fully saturated rings. The van der Waals surface area contributed by atoms with Crippen LogP contribution in [0.2, 0.25) is 0 Å². The molecule has 1 aromatic carbocycles. The van der Waals surface area contributed by atoms with Gasteiger partial charge >= 0.3 is 0 Å². The van der Waals surface area contributed by atoms with E-state index in [1.54, 1.807) is 0 Å². The summed E-state index contributed by atoms with van der Waals surface area (Å²) < 4.78 is 0. The average molecular weight is 237 g/mol. The molecular formula is C14H23NS. The zero-order valence-corrected chi connectivity index (χ0v) is 11.7. The minimum absolute atomic E-state index is 0.247.